The largest absolute Gasteiger partial charge is 0.497 e. The smallest absolute Gasteiger partial charge is 0.304 e. The fraction of sp³-hybridized carbons (Fsp3) is 0.462. The number of hydrogen-bond acceptors (Lipinski definition) is 4. The first kappa shape index (κ1) is 16.5. The molecule has 0 saturated heterocycles. The van der Waals surface area contributed by atoms with Crippen LogP contribution in [0.1, 0.15) is 20.3 Å². The number of aliphatic carboxylic acids is 1. The first-order valence-electron chi connectivity index (χ1n) is 6.16. The number of ether oxygens (including phenoxy) is 1. The SMILES string of the molecule is COc1cccc(S(=O)(=O)N(CCC(=O)O)C(C)C)c1. The van der Waals surface area contributed by atoms with Crippen LogP contribution >= 0.6 is 0 Å². The zero-order valence-corrected chi connectivity index (χ0v) is 12.6. The van der Waals surface area contributed by atoms with Crippen LogP contribution in [0.25, 0.3) is 0 Å². The van der Waals surface area contributed by atoms with Crippen LogP contribution in [0.15, 0.2) is 29.2 Å². The molecule has 0 unspecified atom stereocenters. The van der Waals surface area contributed by atoms with Crippen LogP contribution in [-0.4, -0.2) is 43.5 Å². The lowest BCUT2D eigenvalue weighted by atomic mass is 10.3. The van der Waals surface area contributed by atoms with Gasteiger partial charge >= 0.3 is 5.97 Å². The molecule has 112 valence electrons. The molecule has 0 fully saturated rings. The molecule has 0 aliphatic carbocycles. The van der Waals surface area contributed by atoms with Gasteiger partial charge in [0.1, 0.15) is 5.75 Å². The van der Waals surface area contributed by atoms with E-state index < -0.39 is 16.0 Å². The lowest BCUT2D eigenvalue weighted by molar-refractivity contribution is -0.137. The number of nitrogens with zero attached hydrogens (tertiary/aromatic N) is 1. The van der Waals surface area contributed by atoms with Gasteiger partial charge in [-0.3, -0.25) is 4.79 Å². The molecule has 0 saturated carbocycles. The van der Waals surface area contributed by atoms with Gasteiger partial charge in [-0.15, -0.1) is 0 Å². The van der Waals surface area contributed by atoms with Gasteiger partial charge in [0.05, 0.1) is 18.4 Å². The zero-order chi connectivity index (χ0) is 15.3. The second-order valence-corrected chi connectivity index (χ2v) is 6.42. The summed E-state index contributed by atoms with van der Waals surface area (Å²) < 4.78 is 31.3. The molecule has 0 amide bonds. The summed E-state index contributed by atoms with van der Waals surface area (Å²) in [5.41, 5.74) is 0. The topological polar surface area (TPSA) is 83.9 Å². The highest BCUT2D eigenvalue weighted by atomic mass is 32.2. The Bertz CT molecular complexity index is 568. The summed E-state index contributed by atoms with van der Waals surface area (Å²) in [5.74, 6) is -0.593. The fourth-order valence-electron chi connectivity index (χ4n) is 1.76. The molecule has 1 aromatic rings. The molecular weight excluding hydrogens is 282 g/mol. The Balaban J connectivity index is 3.12. The van der Waals surface area contributed by atoms with Gasteiger partial charge in [-0.1, -0.05) is 6.07 Å². The van der Waals surface area contributed by atoms with E-state index in [4.69, 9.17) is 9.84 Å². The highest BCUT2D eigenvalue weighted by molar-refractivity contribution is 7.89. The number of carbonyl (C=O) groups is 1. The number of benzene rings is 1. The number of rotatable bonds is 7. The molecule has 0 heterocycles. The van der Waals surface area contributed by atoms with Crippen molar-refractivity contribution in [2.24, 2.45) is 0 Å². The van der Waals surface area contributed by atoms with Crippen molar-refractivity contribution in [1.29, 1.82) is 0 Å². The minimum Gasteiger partial charge on any atom is -0.497 e. The third-order valence-electron chi connectivity index (χ3n) is 2.77. The molecule has 1 N–H and O–H groups in total. The lowest BCUT2D eigenvalue weighted by Gasteiger charge is -2.25. The summed E-state index contributed by atoms with van der Waals surface area (Å²) >= 11 is 0. The maximum absolute atomic E-state index is 12.5. The number of hydrogen-bond donors (Lipinski definition) is 1. The highest BCUT2D eigenvalue weighted by Crippen LogP contribution is 2.22. The van der Waals surface area contributed by atoms with E-state index in [2.05, 4.69) is 0 Å². The maximum atomic E-state index is 12.5. The molecule has 7 heteroatoms. The summed E-state index contributed by atoms with van der Waals surface area (Å²) in [4.78, 5) is 10.7. The predicted molar refractivity (Wildman–Crippen MR) is 74.3 cm³/mol. The molecular formula is C13H19NO5S. The summed E-state index contributed by atoms with van der Waals surface area (Å²) in [5, 5.41) is 8.72. The van der Waals surface area contributed by atoms with Crippen molar-refractivity contribution >= 4 is 16.0 Å². The highest BCUT2D eigenvalue weighted by Gasteiger charge is 2.27. The standard InChI is InChI=1S/C13H19NO5S/c1-10(2)14(8-7-13(15)16)20(17,18)12-6-4-5-11(9-12)19-3/h4-6,9-10H,7-8H2,1-3H3,(H,15,16). The van der Waals surface area contributed by atoms with Crippen molar-refractivity contribution in [3.05, 3.63) is 24.3 Å². The van der Waals surface area contributed by atoms with E-state index >= 15 is 0 Å². The van der Waals surface area contributed by atoms with Crippen LogP contribution in [0.2, 0.25) is 0 Å². The van der Waals surface area contributed by atoms with Gasteiger partial charge < -0.3 is 9.84 Å². The quantitative estimate of drug-likeness (QED) is 0.826. The fourth-order valence-corrected chi connectivity index (χ4v) is 3.43. The third kappa shape index (κ3) is 3.94. The maximum Gasteiger partial charge on any atom is 0.304 e. The first-order valence-corrected chi connectivity index (χ1v) is 7.60. The van der Waals surface area contributed by atoms with Gasteiger partial charge in [0.2, 0.25) is 10.0 Å². The average molecular weight is 301 g/mol. The third-order valence-corrected chi connectivity index (χ3v) is 4.84. The van der Waals surface area contributed by atoms with E-state index in [1.54, 1.807) is 26.0 Å². The van der Waals surface area contributed by atoms with E-state index in [9.17, 15) is 13.2 Å². The van der Waals surface area contributed by atoms with Crippen molar-refractivity contribution in [1.82, 2.24) is 4.31 Å². The van der Waals surface area contributed by atoms with Gasteiger partial charge in [0.25, 0.3) is 0 Å². The summed E-state index contributed by atoms with van der Waals surface area (Å²) in [6, 6.07) is 5.79. The summed E-state index contributed by atoms with van der Waals surface area (Å²) in [7, 11) is -2.28. The minimum atomic E-state index is -3.74. The molecule has 20 heavy (non-hydrogen) atoms. The second kappa shape index (κ2) is 6.71. The minimum absolute atomic E-state index is 0.0630. The average Bonchev–Trinajstić information content (AvgIpc) is 2.38. The second-order valence-electron chi connectivity index (χ2n) is 4.53. The molecule has 0 aliphatic heterocycles. The molecule has 0 bridgehead atoms. The zero-order valence-electron chi connectivity index (χ0n) is 11.7. The molecule has 0 atom stereocenters. The monoisotopic (exact) mass is 301 g/mol. The van der Waals surface area contributed by atoms with E-state index in [-0.39, 0.29) is 23.9 Å². The molecule has 0 spiro atoms. The van der Waals surface area contributed by atoms with Gasteiger partial charge in [-0.25, -0.2) is 8.42 Å². The molecule has 1 aromatic carbocycles. The van der Waals surface area contributed by atoms with Crippen LogP contribution in [0.5, 0.6) is 5.75 Å². The van der Waals surface area contributed by atoms with E-state index in [1.807, 2.05) is 0 Å². The van der Waals surface area contributed by atoms with Crippen molar-refractivity contribution in [2.45, 2.75) is 31.2 Å². The number of carboxylic acid groups (broad SMARTS) is 1. The lowest BCUT2D eigenvalue weighted by Crippen LogP contribution is -2.38. The van der Waals surface area contributed by atoms with Gasteiger partial charge in [-0.2, -0.15) is 4.31 Å². The Kier molecular flexibility index (Phi) is 5.52. The van der Waals surface area contributed by atoms with E-state index in [0.717, 1.165) is 0 Å². The number of carboxylic acids is 1. The predicted octanol–water partition coefficient (Wildman–Crippen LogP) is 1.57. The van der Waals surface area contributed by atoms with E-state index in [1.165, 1.54) is 23.5 Å². The Morgan fingerprint density at radius 1 is 1.40 bits per heavy atom. The van der Waals surface area contributed by atoms with Crippen LogP contribution in [0, 0.1) is 0 Å². The van der Waals surface area contributed by atoms with Gasteiger partial charge in [0, 0.05) is 18.7 Å². The molecule has 0 aromatic heterocycles. The Morgan fingerprint density at radius 3 is 2.55 bits per heavy atom. The van der Waals surface area contributed by atoms with Gasteiger partial charge in [-0.05, 0) is 26.0 Å². The Labute approximate surface area is 119 Å². The first-order chi connectivity index (χ1) is 9.28. The normalized spacial score (nSPS) is 11.8. The van der Waals surface area contributed by atoms with Crippen LogP contribution in [-0.2, 0) is 14.8 Å². The number of sulfonamides is 1. The molecule has 0 aliphatic rings. The molecule has 0 radical (unpaired) electrons. The van der Waals surface area contributed by atoms with Crippen molar-refractivity contribution in [2.75, 3.05) is 13.7 Å². The summed E-state index contributed by atoms with van der Waals surface area (Å²) in [6.07, 6.45) is -0.235. The van der Waals surface area contributed by atoms with E-state index in [0.29, 0.717) is 5.75 Å². The molecule has 1 rings (SSSR count). The van der Waals surface area contributed by atoms with Crippen LogP contribution in [0.4, 0.5) is 0 Å². The van der Waals surface area contributed by atoms with Crippen LogP contribution in [0.3, 0.4) is 0 Å². The Hall–Kier alpha value is -1.60. The van der Waals surface area contributed by atoms with Crippen molar-refractivity contribution in [3.63, 3.8) is 0 Å². The van der Waals surface area contributed by atoms with Gasteiger partial charge in [0.15, 0.2) is 0 Å². The van der Waals surface area contributed by atoms with Crippen LogP contribution < -0.4 is 4.74 Å². The number of methoxy groups -OCH3 is 1. The summed E-state index contributed by atoms with van der Waals surface area (Å²) in [6.45, 7) is 3.35. The Morgan fingerprint density at radius 2 is 2.05 bits per heavy atom. The van der Waals surface area contributed by atoms with Crippen molar-refractivity contribution in [3.8, 4) is 5.75 Å². The van der Waals surface area contributed by atoms with Crippen molar-refractivity contribution < 1.29 is 23.1 Å². The molecule has 6 nitrogen and oxygen atoms in total.